The Balaban J connectivity index is 0.00000289. The third-order valence-corrected chi connectivity index (χ3v) is 6.32. The molecule has 174 valence electrons. The zero-order valence-electron chi connectivity index (χ0n) is 18.9. The highest BCUT2D eigenvalue weighted by molar-refractivity contribution is 5.85. The summed E-state index contributed by atoms with van der Waals surface area (Å²) < 4.78 is 7.90. The molecule has 3 N–H and O–H groups in total. The molecular formula is C24H35ClN6O. The lowest BCUT2D eigenvalue weighted by atomic mass is 10.1. The van der Waals surface area contributed by atoms with Crippen LogP contribution in [0.25, 0.3) is 22.3 Å². The molecule has 3 aromatic rings. The third kappa shape index (κ3) is 5.44. The predicted octanol–water partition coefficient (Wildman–Crippen LogP) is 5.89. The summed E-state index contributed by atoms with van der Waals surface area (Å²) in [5.41, 5.74) is 7.87. The van der Waals surface area contributed by atoms with E-state index in [0.717, 1.165) is 31.5 Å². The Morgan fingerprint density at radius 1 is 1.16 bits per heavy atom. The van der Waals surface area contributed by atoms with Crippen LogP contribution in [0.1, 0.15) is 76.6 Å². The molecular weight excluding hydrogens is 424 g/mol. The largest absolute Gasteiger partial charge is 0.370 e. The molecule has 0 saturated carbocycles. The van der Waals surface area contributed by atoms with Gasteiger partial charge in [0.2, 0.25) is 11.7 Å². The number of hydrogen-bond acceptors (Lipinski definition) is 4. The maximum Gasteiger partial charge on any atom is 0.249 e. The van der Waals surface area contributed by atoms with E-state index < -0.39 is 0 Å². The molecule has 1 aliphatic rings. The molecule has 4 rings (SSSR count). The SMILES string of the molecule is CCCCCCCCCn1ccc2ccc(-c3noc([C@@H]4CCCN4C(=N)N)n3)cc21.Cl. The molecule has 1 fully saturated rings. The molecule has 3 heterocycles. The zero-order chi connectivity index (χ0) is 21.6. The summed E-state index contributed by atoms with van der Waals surface area (Å²) in [7, 11) is 0. The number of nitrogens with two attached hydrogens (primary N) is 1. The second-order valence-corrected chi connectivity index (χ2v) is 8.60. The average molecular weight is 459 g/mol. The highest BCUT2D eigenvalue weighted by atomic mass is 35.5. The van der Waals surface area contributed by atoms with E-state index in [4.69, 9.17) is 15.7 Å². The van der Waals surface area contributed by atoms with Crippen molar-refractivity contribution in [3.8, 4) is 11.4 Å². The van der Waals surface area contributed by atoms with Crippen molar-refractivity contribution in [3.05, 3.63) is 36.4 Å². The van der Waals surface area contributed by atoms with E-state index in [9.17, 15) is 0 Å². The smallest absolute Gasteiger partial charge is 0.249 e. The fraction of sp³-hybridized carbons (Fsp3) is 0.542. The van der Waals surface area contributed by atoms with Crippen LogP contribution in [-0.4, -0.2) is 32.1 Å². The maximum atomic E-state index is 7.76. The van der Waals surface area contributed by atoms with E-state index in [2.05, 4.69) is 46.0 Å². The highest BCUT2D eigenvalue weighted by Crippen LogP contribution is 2.32. The Bertz CT molecular complexity index is 1010. The average Bonchev–Trinajstić information content (AvgIpc) is 3.51. The molecule has 0 bridgehead atoms. The minimum absolute atomic E-state index is 0. The van der Waals surface area contributed by atoms with Gasteiger partial charge >= 0.3 is 0 Å². The van der Waals surface area contributed by atoms with Crippen LogP contribution >= 0.6 is 12.4 Å². The predicted molar refractivity (Wildman–Crippen MR) is 131 cm³/mol. The van der Waals surface area contributed by atoms with E-state index in [1.54, 1.807) is 0 Å². The summed E-state index contributed by atoms with van der Waals surface area (Å²) in [5.74, 6) is 1.20. The first-order valence-corrected chi connectivity index (χ1v) is 11.7. The van der Waals surface area contributed by atoms with Gasteiger partial charge in [-0.2, -0.15) is 4.98 Å². The molecule has 0 spiro atoms. The van der Waals surface area contributed by atoms with E-state index >= 15 is 0 Å². The van der Waals surface area contributed by atoms with Crippen LogP contribution in [0.4, 0.5) is 0 Å². The van der Waals surface area contributed by atoms with Gasteiger partial charge in [0.25, 0.3) is 0 Å². The molecule has 2 aromatic heterocycles. The standard InChI is InChI=1S/C24H34N6O.ClH/c1-2-3-4-5-6-7-8-14-29-16-13-18-11-12-19(17-21(18)29)22-27-23(31-28-22)20-10-9-15-30(20)24(25)26;/h11-13,16-17,20H,2-10,14-15H2,1H3,(H3,25,26);1H/t20-;/m0./s1. The molecule has 0 unspecified atom stereocenters. The summed E-state index contributed by atoms with van der Waals surface area (Å²) in [5, 5.41) is 13.2. The van der Waals surface area contributed by atoms with Gasteiger partial charge in [-0.15, -0.1) is 12.4 Å². The Morgan fingerprint density at radius 2 is 1.94 bits per heavy atom. The van der Waals surface area contributed by atoms with Crippen molar-refractivity contribution >= 4 is 29.3 Å². The van der Waals surface area contributed by atoms with Gasteiger partial charge in [-0.25, -0.2) is 0 Å². The van der Waals surface area contributed by atoms with Crippen LogP contribution < -0.4 is 5.73 Å². The normalized spacial score (nSPS) is 15.9. The lowest BCUT2D eigenvalue weighted by Gasteiger charge is -2.21. The number of fused-ring (bicyclic) bond motifs is 1. The molecule has 8 heteroatoms. The number of benzene rings is 1. The summed E-state index contributed by atoms with van der Waals surface area (Å²) in [4.78, 5) is 6.47. The van der Waals surface area contributed by atoms with Crippen LogP contribution in [0, 0.1) is 5.41 Å². The number of unbranched alkanes of at least 4 members (excludes halogenated alkanes) is 6. The minimum atomic E-state index is -0.0938. The Hall–Kier alpha value is -2.54. The molecule has 0 aliphatic carbocycles. The number of rotatable bonds is 10. The topological polar surface area (TPSA) is 97.0 Å². The zero-order valence-corrected chi connectivity index (χ0v) is 19.7. The Kier molecular flexibility index (Phi) is 8.56. The van der Waals surface area contributed by atoms with Gasteiger partial charge in [-0.05, 0) is 36.8 Å². The fourth-order valence-electron chi connectivity index (χ4n) is 4.56. The first-order valence-electron chi connectivity index (χ1n) is 11.7. The number of halogens is 1. The molecule has 1 aromatic carbocycles. The first-order chi connectivity index (χ1) is 15.2. The third-order valence-electron chi connectivity index (χ3n) is 6.32. The van der Waals surface area contributed by atoms with E-state index in [0.29, 0.717) is 11.7 Å². The molecule has 1 aliphatic heterocycles. The van der Waals surface area contributed by atoms with Gasteiger partial charge in [0.1, 0.15) is 6.04 Å². The summed E-state index contributed by atoms with van der Waals surface area (Å²) in [6, 6.07) is 8.41. The number of aryl methyl sites for hydroxylation is 1. The summed E-state index contributed by atoms with van der Waals surface area (Å²) in [6.45, 7) is 4.06. The molecule has 0 amide bonds. The van der Waals surface area contributed by atoms with Gasteiger partial charge in [0.15, 0.2) is 5.96 Å². The van der Waals surface area contributed by atoms with Crippen molar-refractivity contribution in [2.24, 2.45) is 5.73 Å². The summed E-state index contributed by atoms with van der Waals surface area (Å²) >= 11 is 0. The number of guanidine groups is 1. The molecule has 1 atom stereocenters. The number of hydrogen-bond donors (Lipinski definition) is 2. The van der Waals surface area contributed by atoms with E-state index in [-0.39, 0.29) is 24.4 Å². The minimum Gasteiger partial charge on any atom is -0.370 e. The monoisotopic (exact) mass is 458 g/mol. The summed E-state index contributed by atoms with van der Waals surface area (Å²) in [6.07, 6.45) is 13.2. The number of nitrogens with zero attached hydrogens (tertiary/aromatic N) is 4. The molecule has 1 saturated heterocycles. The lowest BCUT2D eigenvalue weighted by Crippen LogP contribution is -2.35. The highest BCUT2D eigenvalue weighted by Gasteiger charge is 2.31. The van der Waals surface area contributed by atoms with E-state index in [1.165, 1.54) is 55.8 Å². The maximum absolute atomic E-state index is 7.76. The van der Waals surface area contributed by atoms with Crippen LogP contribution in [0.2, 0.25) is 0 Å². The van der Waals surface area contributed by atoms with Crippen molar-refractivity contribution in [3.63, 3.8) is 0 Å². The molecule has 32 heavy (non-hydrogen) atoms. The Morgan fingerprint density at radius 3 is 2.72 bits per heavy atom. The second-order valence-electron chi connectivity index (χ2n) is 8.60. The van der Waals surface area contributed by atoms with Crippen LogP contribution in [0.15, 0.2) is 35.0 Å². The van der Waals surface area contributed by atoms with Crippen LogP contribution in [0.3, 0.4) is 0 Å². The van der Waals surface area contributed by atoms with Gasteiger partial charge in [-0.3, -0.25) is 5.41 Å². The van der Waals surface area contributed by atoms with E-state index in [1.807, 2.05) is 11.0 Å². The van der Waals surface area contributed by atoms with Gasteiger partial charge in [0, 0.05) is 30.4 Å². The second kappa shape index (κ2) is 11.4. The Labute approximate surface area is 196 Å². The fourth-order valence-corrected chi connectivity index (χ4v) is 4.56. The van der Waals surface area contributed by atoms with Gasteiger partial charge < -0.3 is 19.7 Å². The van der Waals surface area contributed by atoms with Gasteiger partial charge in [-0.1, -0.05) is 62.7 Å². The van der Waals surface area contributed by atoms with Gasteiger partial charge in [0.05, 0.1) is 0 Å². The number of nitrogens with one attached hydrogen (secondary N) is 1. The van der Waals surface area contributed by atoms with Crippen molar-refractivity contribution in [1.82, 2.24) is 19.6 Å². The van der Waals surface area contributed by atoms with Crippen molar-refractivity contribution in [2.45, 2.75) is 77.3 Å². The quantitative estimate of drug-likeness (QED) is 0.224. The molecule has 0 radical (unpaired) electrons. The lowest BCUT2D eigenvalue weighted by molar-refractivity contribution is 0.283. The number of aromatic nitrogens is 3. The van der Waals surface area contributed by atoms with Crippen molar-refractivity contribution < 1.29 is 4.52 Å². The first kappa shape index (κ1) is 24.1. The molecule has 7 nitrogen and oxygen atoms in total. The van der Waals surface area contributed by atoms with Crippen molar-refractivity contribution in [2.75, 3.05) is 6.54 Å². The number of likely N-dealkylation sites (tertiary alicyclic amines) is 1. The van der Waals surface area contributed by atoms with Crippen LogP contribution in [0.5, 0.6) is 0 Å². The van der Waals surface area contributed by atoms with Crippen LogP contribution in [-0.2, 0) is 6.54 Å². The van der Waals surface area contributed by atoms with Crippen molar-refractivity contribution in [1.29, 1.82) is 5.41 Å².